The second-order valence-corrected chi connectivity index (χ2v) is 7.95. The van der Waals surface area contributed by atoms with Gasteiger partial charge in [0.25, 0.3) is 0 Å². The Bertz CT molecular complexity index is 972. The van der Waals surface area contributed by atoms with Gasteiger partial charge in [-0.3, -0.25) is 15.1 Å². The molecule has 160 valence electrons. The van der Waals surface area contributed by atoms with Crippen LogP contribution in [0, 0.1) is 0 Å². The molecule has 2 atom stereocenters. The number of pyridine rings is 1. The van der Waals surface area contributed by atoms with Crippen LogP contribution < -0.4 is 10.1 Å². The Balaban J connectivity index is 1.47. The Morgan fingerprint density at radius 1 is 1.00 bits per heavy atom. The summed E-state index contributed by atoms with van der Waals surface area (Å²) in [5, 5.41) is 3.57. The largest absolute Gasteiger partial charge is 0.487 e. The van der Waals surface area contributed by atoms with Gasteiger partial charge in [-0.05, 0) is 55.2 Å². The summed E-state index contributed by atoms with van der Waals surface area (Å²) >= 11 is 0. The summed E-state index contributed by atoms with van der Waals surface area (Å²) in [4.78, 5) is 19.5. The van der Waals surface area contributed by atoms with Crippen LogP contribution in [-0.2, 0) is 11.4 Å². The predicted octanol–water partition coefficient (Wildman–Crippen LogP) is 4.67. The number of nitrogens with zero attached hydrogens (tertiary/aromatic N) is 2. The van der Waals surface area contributed by atoms with Crippen LogP contribution in [0.5, 0.6) is 5.75 Å². The Labute approximate surface area is 184 Å². The first-order valence-electron chi connectivity index (χ1n) is 10.9. The van der Waals surface area contributed by atoms with Gasteiger partial charge in [-0.2, -0.15) is 0 Å². The molecule has 0 saturated carbocycles. The first kappa shape index (κ1) is 21.1. The third-order valence-corrected chi connectivity index (χ3v) is 5.69. The van der Waals surface area contributed by atoms with Crippen molar-refractivity contribution < 1.29 is 9.53 Å². The lowest BCUT2D eigenvalue weighted by molar-refractivity contribution is -0.132. The average Bonchev–Trinajstić information content (AvgIpc) is 3.37. The van der Waals surface area contributed by atoms with Crippen LogP contribution in [0.4, 0.5) is 0 Å². The molecule has 1 amide bonds. The summed E-state index contributed by atoms with van der Waals surface area (Å²) in [6.45, 7) is 4.20. The van der Waals surface area contributed by atoms with Crippen molar-refractivity contribution in [1.29, 1.82) is 0 Å². The van der Waals surface area contributed by atoms with Crippen LogP contribution in [0.1, 0.15) is 48.7 Å². The van der Waals surface area contributed by atoms with Gasteiger partial charge in [0.1, 0.15) is 18.4 Å². The maximum Gasteiger partial charge on any atom is 0.244 e. The quantitative estimate of drug-likeness (QED) is 0.581. The van der Waals surface area contributed by atoms with E-state index in [1.807, 2.05) is 71.6 Å². The number of ether oxygens (including phenoxy) is 1. The van der Waals surface area contributed by atoms with Crippen LogP contribution in [-0.4, -0.2) is 28.9 Å². The monoisotopic (exact) mass is 415 g/mol. The number of aromatic nitrogens is 1. The molecule has 1 aliphatic rings. The number of nitrogens with one attached hydrogen (secondary N) is 1. The molecule has 1 saturated heterocycles. The van der Waals surface area contributed by atoms with E-state index in [-0.39, 0.29) is 18.0 Å². The maximum absolute atomic E-state index is 13.3. The molecule has 0 aliphatic carbocycles. The van der Waals surface area contributed by atoms with Crippen molar-refractivity contribution in [2.75, 3.05) is 13.1 Å². The minimum Gasteiger partial charge on any atom is -0.487 e. The molecule has 0 bridgehead atoms. The van der Waals surface area contributed by atoms with Crippen molar-refractivity contribution >= 4 is 5.91 Å². The van der Waals surface area contributed by atoms with Crippen LogP contribution in [0.25, 0.3) is 0 Å². The number of amides is 1. The van der Waals surface area contributed by atoms with Gasteiger partial charge < -0.3 is 9.64 Å². The number of benzene rings is 2. The van der Waals surface area contributed by atoms with Crippen molar-refractivity contribution in [3.63, 3.8) is 0 Å². The van der Waals surface area contributed by atoms with Gasteiger partial charge in [0.2, 0.25) is 5.91 Å². The van der Waals surface area contributed by atoms with Gasteiger partial charge in [0.05, 0.1) is 5.69 Å². The van der Waals surface area contributed by atoms with Crippen LogP contribution in [0.15, 0.2) is 79.0 Å². The molecule has 0 spiro atoms. The number of hydrogen-bond acceptors (Lipinski definition) is 4. The van der Waals surface area contributed by atoms with Crippen molar-refractivity contribution in [3.05, 3.63) is 95.8 Å². The zero-order valence-electron chi connectivity index (χ0n) is 17.9. The summed E-state index contributed by atoms with van der Waals surface area (Å²) in [6.07, 6.45) is 3.93. The topological polar surface area (TPSA) is 54.5 Å². The maximum atomic E-state index is 13.3. The van der Waals surface area contributed by atoms with Gasteiger partial charge in [-0.15, -0.1) is 0 Å². The Kier molecular flexibility index (Phi) is 6.95. The summed E-state index contributed by atoms with van der Waals surface area (Å²) in [5.74, 6) is 0.942. The predicted molar refractivity (Wildman–Crippen MR) is 122 cm³/mol. The smallest absolute Gasteiger partial charge is 0.244 e. The minimum absolute atomic E-state index is 0.0184. The molecule has 1 N–H and O–H groups in total. The van der Waals surface area contributed by atoms with Crippen molar-refractivity contribution in [2.45, 2.75) is 38.5 Å². The van der Waals surface area contributed by atoms with E-state index < -0.39 is 0 Å². The number of carbonyl (C=O) groups excluding carboxylic acids is 1. The second-order valence-electron chi connectivity index (χ2n) is 7.95. The third-order valence-electron chi connectivity index (χ3n) is 5.69. The highest BCUT2D eigenvalue weighted by atomic mass is 16.5. The van der Waals surface area contributed by atoms with E-state index in [2.05, 4.69) is 23.3 Å². The fraction of sp³-hybridized carbons (Fsp3) is 0.308. The average molecular weight is 416 g/mol. The fourth-order valence-electron chi connectivity index (χ4n) is 3.94. The van der Waals surface area contributed by atoms with Crippen LogP contribution in [0.2, 0.25) is 0 Å². The Morgan fingerprint density at radius 3 is 2.48 bits per heavy atom. The van der Waals surface area contributed by atoms with Gasteiger partial charge in [0, 0.05) is 25.3 Å². The highest BCUT2D eigenvalue weighted by Crippen LogP contribution is 2.25. The zero-order valence-corrected chi connectivity index (χ0v) is 17.9. The van der Waals surface area contributed by atoms with E-state index in [0.29, 0.717) is 6.61 Å². The molecule has 2 aromatic carbocycles. The highest BCUT2D eigenvalue weighted by molar-refractivity contribution is 5.83. The molecule has 1 fully saturated rings. The standard InChI is InChI=1S/C26H29N3O2/c1-20(22-12-9-14-24(18-22)31-19-23-13-5-6-15-27-23)28-25(21-10-3-2-4-11-21)26(30)29-16-7-8-17-29/h2-6,9-15,18,20,25,28H,7-8,16-17,19H2,1H3. The van der Waals surface area contributed by atoms with E-state index in [9.17, 15) is 4.79 Å². The summed E-state index contributed by atoms with van der Waals surface area (Å²) in [6, 6.07) is 23.4. The minimum atomic E-state index is -0.368. The molecule has 1 aromatic heterocycles. The van der Waals surface area contributed by atoms with Gasteiger partial charge >= 0.3 is 0 Å². The highest BCUT2D eigenvalue weighted by Gasteiger charge is 2.29. The number of carbonyl (C=O) groups is 1. The lowest BCUT2D eigenvalue weighted by Gasteiger charge is -2.27. The number of hydrogen-bond donors (Lipinski definition) is 1. The lowest BCUT2D eigenvalue weighted by Crippen LogP contribution is -2.40. The SMILES string of the molecule is CC(NC(C(=O)N1CCCC1)c1ccccc1)c1cccc(OCc2ccccn2)c1. The molecule has 5 nitrogen and oxygen atoms in total. The Morgan fingerprint density at radius 2 is 1.74 bits per heavy atom. The van der Waals surface area contributed by atoms with E-state index >= 15 is 0 Å². The first-order valence-corrected chi connectivity index (χ1v) is 10.9. The molecular formula is C26H29N3O2. The van der Waals surface area contributed by atoms with Crippen molar-refractivity contribution in [1.82, 2.24) is 15.2 Å². The molecule has 2 heterocycles. The number of likely N-dealkylation sites (tertiary alicyclic amines) is 1. The normalized spacial score (nSPS) is 15.5. The molecule has 2 unspecified atom stereocenters. The van der Waals surface area contributed by atoms with E-state index in [1.54, 1.807) is 6.20 Å². The molecule has 31 heavy (non-hydrogen) atoms. The zero-order chi connectivity index (χ0) is 21.5. The summed E-state index contributed by atoms with van der Waals surface area (Å²) in [7, 11) is 0. The van der Waals surface area contributed by atoms with Crippen molar-refractivity contribution in [2.24, 2.45) is 0 Å². The third kappa shape index (κ3) is 5.50. The lowest BCUT2D eigenvalue weighted by atomic mass is 10.0. The molecule has 0 radical (unpaired) electrons. The van der Waals surface area contributed by atoms with E-state index in [0.717, 1.165) is 48.5 Å². The van der Waals surface area contributed by atoms with Gasteiger partial charge in [0.15, 0.2) is 0 Å². The van der Waals surface area contributed by atoms with Crippen molar-refractivity contribution in [3.8, 4) is 5.75 Å². The van der Waals surface area contributed by atoms with E-state index in [1.165, 1.54) is 0 Å². The Hall–Kier alpha value is -3.18. The van der Waals surface area contributed by atoms with Crippen LogP contribution >= 0.6 is 0 Å². The summed E-state index contributed by atoms with van der Waals surface area (Å²) in [5.41, 5.74) is 2.96. The molecule has 4 rings (SSSR count). The molecule has 3 aromatic rings. The molecule has 5 heteroatoms. The molecule has 1 aliphatic heterocycles. The first-order chi connectivity index (χ1) is 15.2. The second kappa shape index (κ2) is 10.2. The van der Waals surface area contributed by atoms with E-state index in [4.69, 9.17) is 4.74 Å². The summed E-state index contributed by atoms with van der Waals surface area (Å²) < 4.78 is 5.94. The van der Waals surface area contributed by atoms with Gasteiger partial charge in [-0.25, -0.2) is 0 Å². The fourth-order valence-corrected chi connectivity index (χ4v) is 3.94. The van der Waals surface area contributed by atoms with Gasteiger partial charge in [-0.1, -0.05) is 48.5 Å². The van der Waals surface area contributed by atoms with Crippen LogP contribution in [0.3, 0.4) is 0 Å². The number of rotatable bonds is 8. The molecular weight excluding hydrogens is 386 g/mol.